The van der Waals surface area contributed by atoms with Gasteiger partial charge in [-0.2, -0.15) is 0 Å². The highest BCUT2D eigenvalue weighted by atomic mass is 32.2. The molecular formula is C13H19NO5S. The van der Waals surface area contributed by atoms with E-state index in [1.807, 2.05) is 13.8 Å². The SMILES string of the molecule is CC(C)CCS(=O)(=O)N(CC(=O)O)c1ccc(O)cc1. The molecule has 0 unspecified atom stereocenters. The lowest BCUT2D eigenvalue weighted by molar-refractivity contribution is -0.135. The van der Waals surface area contributed by atoms with Gasteiger partial charge >= 0.3 is 5.97 Å². The van der Waals surface area contributed by atoms with Crippen LogP contribution in [0.5, 0.6) is 5.75 Å². The third kappa shape index (κ3) is 4.73. The molecule has 6 nitrogen and oxygen atoms in total. The van der Waals surface area contributed by atoms with Crippen LogP contribution in [0, 0.1) is 5.92 Å². The van der Waals surface area contributed by atoms with Crippen molar-refractivity contribution in [3.05, 3.63) is 24.3 Å². The maximum atomic E-state index is 12.3. The summed E-state index contributed by atoms with van der Waals surface area (Å²) in [5.41, 5.74) is 0.231. The van der Waals surface area contributed by atoms with Gasteiger partial charge < -0.3 is 10.2 Å². The second kappa shape index (κ2) is 6.60. The topological polar surface area (TPSA) is 94.9 Å². The number of nitrogens with zero attached hydrogens (tertiary/aromatic N) is 1. The van der Waals surface area contributed by atoms with Crippen LogP contribution in [0.1, 0.15) is 20.3 Å². The van der Waals surface area contributed by atoms with E-state index in [0.29, 0.717) is 6.42 Å². The summed E-state index contributed by atoms with van der Waals surface area (Å²) >= 11 is 0. The molecular weight excluding hydrogens is 282 g/mol. The van der Waals surface area contributed by atoms with Crippen LogP contribution in [-0.4, -0.2) is 36.9 Å². The highest BCUT2D eigenvalue weighted by molar-refractivity contribution is 7.92. The van der Waals surface area contributed by atoms with Crippen molar-refractivity contribution in [2.24, 2.45) is 5.92 Å². The highest BCUT2D eigenvalue weighted by Gasteiger charge is 2.25. The molecule has 0 aliphatic heterocycles. The standard InChI is InChI=1S/C13H19NO5S/c1-10(2)7-8-20(18,19)14(9-13(16)17)11-3-5-12(15)6-4-11/h3-6,10,15H,7-9H2,1-2H3,(H,16,17). The van der Waals surface area contributed by atoms with Crippen LogP contribution in [0.2, 0.25) is 0 Å². The van der Waals surface area contributed by atoms with Gasteiger partial charge in [0, 0.05) is 0 Å². The van der Waals surface area contributed by atoms with Gasteiger partial charge in [-0.05, 0) is 36.6 Å². The molecule has 7 heteroatoms. The van der Waals surface area contributed by atoms with Crippen molar-refractivity contribution in [3.63, 3.8) is 0 Å². The van der Waals surface area contributed by atoms with Gasteiger partial charge in [0.2, 0.25) is 10.0 Å². The molecule has 0 saturated carbocycles. The molecule has 0 aromatic heterocycles. The van der Waals surface area contributed by atoms with E-state index in [4.69, 9.17) is 5.11 Å². The van der Waals surface area contributed by atoms with E-state index >= 15 is 0 Å². The molecule has 0 saturated heterocycles. The van der Waals surface area contributed by atoms with Gasteiger partial charge in [-0.25, -0.2) is 8.42 Å². The maximum Gasteiger partial charge on any atom is 0.324 e. The Morgan fingerprint density at radius 3 is 2.25 bits per heavy atom. The molecule has 0 amide bonds. The fourth-order valence-corrected chi connectivity index (χ4v) is 3.33. The average Bonchev–Trinajstić information content (AvgIpc) is 2.35. The van der Waals surface area contributed by atoms with Gasteiger partial charge in [0.15, 0.2) is 0 Å². The molecule has 2 N–H and O–H groups in total. The number of carbonyl (C=O) groups is 1. The number of hydrogen-bond donors (Lipinski definition) is 2. The van der Waals surface area contributed by atoms with Crippen LogP contribution in [0.4, 0.5) is 5.69 Å². The van der Waals surface area contributed by atoms with Gasteiger partial charge in [-0.1, -0.05) is 13.8 Å². The van der Waals surface area contributed by atoms with Gasteiger partial charge in [-0.15, -0.1) is 0 Å². The predicted molar refractivity (Wildman–Crippen MR) is 76.3 cm³/mol. The lowest BCUT2D eigenvalue weighted by Crippen LogP contribution is -2.37. The number of aromatic hydroxyl groups is 1. The molecule has 0 heterocycles. The lowest BCUT2D eigenvalue weighted by Gasteiger charge is -2.23. The summed E-state index contributed by atoms with van der Waals surface area (Å²) < 4.78 is 25.4. The van der Waals surface area contributed by atoms with Crippen molar-refractivity contribution >= 4 is 21.7 Å². The lowest BCUT2D eigenvalue weighted by atomic mass is 10.2. The number of sulfonamides is 1. The average molecular weight is 301 g/mol. The van der Waals surface area contributed by atoms with Crippen LogP contribution in [0.15, 0.2) is 24.3 Å². The normalized spacial score (nSPS) is 11.6. The first-order chi connectivity index (χ1) is 9.22. The summed E-state index contributed by atoms with van der Waals surface area (Å²) in [4.78, 5) is 10.9. The van der Waals surface area contributed by atoms with Crippen LogP contribution in [0.25, 0.3) is 0 Å². The van der Waals surface area contributed by atoms with E-state index in [0.717, 1.165) is 4.31 Å². The molecule has 0 fully saturated rings. The Hall–Kier alpha value is -1.76. The highest BCUT2D eigenvalue weighted by Crippen LogP contribution is 2.22. The minimum Gasteiger partial charge on any atom is -0.508 e. The predicted octanol–water partition coefficient (Wildman–Crippen LogP) is 1.66. The van der Waals surface area contributed by atoms with E-state index in [1.165, 1.54) is 24.3 Å². The van der Waals surface area contributed by atoms with E-state index in [1.54, 1.807) is 0 Å². The largest absolute Gasteiger partial charge is 0.508 e. The number of phenols is 1. The fourth-order valence-electron chi connectivity index (χ4n) is 1.59. The van der Waals surface area contributed by atoms with Gasteiger partial charge in [-0.3, -0.25) is 9.10 Å². The first kappa shape index (κ1) is 16.3. The Morgan fingerprint density at radius 1 is 1.25 bits per heavy atom. The molecule has 0 aliphatic carbocycles. The van der Waals surface area contributed by atoms with Crippen molar-refractivity contribution in [2.75, 3.05) is 16.6 Å². The minimum absolute atomic E-state index is 0.0106. The zero-order valence-corrected chi connectivity index (χ0v) is 12.3. The molecule has 112 valence electrons. The fraction of sp³-hybridized carbons (Fsp3) is 0.462. The van der Waals surface area contributed by atoms with Crippen molar-refractivity contribution in [1.82, 2.24) is 0 Å². The van der Waals surface area contributed by atoms with Crippen LogP contribution in [0.3, 0.4) is 0 Å². The van der Waals surface area contributed by atoms with E-state index < -0.39 is 22.5 Å². The molecule has 0 aliphatic rings. The third-order valence-corrected chi connectivity index (χ3v) is 4.47. The first-order valence-corrected chi connectivity index (χ1v) is 7.84. The monoisotopic (exact) mass is 301 g/mol. The second-order valence-corrected chi connectivity index (χ2v) is 6.93. The van der Waals surface area contributed by atoms with Crippen LogP contribution in [-0.2, 0) is 14.8 Å². The summed E-state index contributed by atoms with van der Waals surface area (Å²) in [7, 11) is -3.71. The summed E-state index contributed by atoms with van der Waals surface area (Å²) in [6, 6.07) is 5.40. The van der Waals surface area contributed by atoms with Gasteiger partial charge in [0.1, 0.15) is 12.3 Å². The zero-order valence-electron chi connectivity index (χ0n) is 11.5. The Kier molecular flexibility index (Phi) is 5.38. The Morgan fingerprint density at radius 2 is 1.80 bits per heavy atom. The Labute approximate surface area is 118 Å². The quantitative estimate of drug-likeness (QED) is 0.798. The van der Waals surface area contributed by atoms with E-state index in [-0.39, 0.29) is 23.1 Å². The van der Waals surface area contributed by atoms with Gasteiger partial charge in [0.25, 0.3) is 0 Å². The molecule has 1 aromatic carbocycles. The van der Waals surface area contributed by atoms with Crippen molar-refractivity contribution < 1.29 is 23.4 Å². The number of aliphatic carboxylic acids is 1. The minimum atomic E-state index is -3.71. The summed E-state index contributed by atoms with van der Waals surface area (Å²) in [6.07, 6.45) is 0.455. The number of carboxylic acid groups (broad SMARTS) is 1. The molecule has 1 aromatic rings. The van der Waals surface area contributed by atoms with Gasteiger partial charge in [0.05, 0.1) is 11.4 Å². The number of benzene rings is 1. The Balaban J connectivity index is 3.05. The van der Waals surface area contributed by atoms with Crippen LogP contribution >= 0.6 is 0 Å². The summed E-state index contributed by atoms with van der Waals surface area (Å²) in [6.45, 7) is 3.17. The van der Waals surface area contributed by atoms with Crippen molar-refractivity contribution in [1.29, 1.82) is 0 Å². The third-order valence-electron chi connectivity index (χ3n) is 2.71. The zero-order chi connectivity index (χ0) is 15.3. The van der Waals surface area contributed by atoms with Crippen LogP contribution < -0.4 is 4.31 Å². The van der Waals surface area contributed by atoms with Crippen molar-refractivity contribution in [3.8, 4) is 5.75 Å². The number of carboxylic acids is 1. The molecule has 1 rings (SSSR count). The molecule has 0 spiro atoms. The molecule has 0 bridgehead atoms. The maximum absolute atomic E-state index is 12.3. The van der Waals surface area contributed by atoms with E-state index in [9.17, 15) is 18.3 Å². The van der Waals surface area contributed by atoms with Crippen molar-refractivity contribution in [2.45, 2.75) is 20.3 Å². The number of phenolic OH excluding ortho intramolecular Hbond substituents is 1. The number of anilines is 1. The summed E-state index contributed by atoms with van der Waals surface area (Å²) in [5.74, 6) is -1.15. The first-order valence-electron chi connectivity index (χ1n) is 6.23. The molecule has 20 heavy (non-hydrogen) atoms. The molecule has 0 atom stereocenters. The second-order valence-electron chi connectivity index (χ2n) is 4.92. The molecule has 0 radical (unpaired) electrons. The summed E-state index contributed by atoms with van der Waals surface area (Å²) in [5, 5.41) is 18.1. The number of hydrogen-bond acceptors (Lipinski definition) is 4. The van der Waals surface area contributed by atoms with E-state index in [2.05, 4.69) is 0 Å². The Bertz CT molecular complexity index is 551. The number of rotatable bonds is 7. The smallest absolute Gasteiger partial charge is 0.324 e.